The summed E-state index contributed by atoms with van der Waals surface area (Å²) in [7, 11) is 0. The molecular weight excluding hydrogens is 272 g/mol. The molecule has 1 aliphatic heterocycles. The molecule has 1 fully saturated rings. The first-order valence-corrected chi connectivity index (χ1v) is 7.29. The van der Waals surface area contributed by atoms with Crippen molar-refractivity contribution >= 4 is 11.4 Å². The quantitative estimate of drug-likeness (QED) is 0.666. The molecule has 6 nitrogen and oxygen atoms in total. The zero-order valence-electron chi connectivity index (χ0n) is 12.7. The first-order chi connectivity index (χ1) is 9.97. The van der Waals surface area contributed by atoms with Gasteiger partial charge in [-0.25, -0.2) is 0 Å². The number of hydrogen-bond donors (Lipinski definition) is 1. The number of rotatable bonds is 5. The van der Waals surface area contributed by atoms with Gasteiger partial charge in [-0.15, -0.1) is 0 Å². The molecule has 1 aromatic carbocycles. The van der Waals surface area contributed by atoms with Crippen LogP contribution >= 0.6 is 0 Å². The van der Waals surface area contributed by atoms with Crippen molar-refractivity contribution in [3.05, 3.63) is 28.3 Å². The molecule has 1 aromatic rings. The summed E-state index contributed by atoms with van der Waals surface area (Å²) in [6.07, 6.45) is 1.75. The molecule has 0 saturated carbocycles. The predicted octanol–water partition coefficient (Wildman–Crippen LogP) is 3.36. The topological polar surface area (TPSA) is 73.6 Å². The normalized spacial score (nSPS) is 22.1. The van der Waals surface area contributed by atoms with Crippen LogP contribution in [0.1, 0.15) is 33.6 Å². The van der Waals surface area contributed by atoms with Crippen molar-refractivity contribution in [3.63, 3.8) is 0 Å². The second-order valence-electron chi connectivity index (χ2n) is 5.62. The Morgan fingerprint density at radius 3 is 2.86 bits per heavy atom. The summed E-state index contributed by atoms with van der Waals surface area (Å²) in [5.41, 5.74) is 0.516. The highest BCUT2D eigenvalue weighted by molar-refractivity contribution is 5.68. The van der Waals surface area contributed by atoms with E-state index in [0.29, 0.717) is 18.0 Å². The third-order valence-corrected chi connectivity index (χ3v) is 3.39. The van der Waals surface area contributed by atoms with Crippen LogP contribution in [0.3, 0.4) is 0 Å². The fraction of sp³-hybridized carbons (Fsp3) is 0.600. The number of para-hydroxylation sites is 1. The van der Waals surface area contributed by atoms with Crippen LogP contribution in [-0.4, -0.2) is 29.8 Å². The highest BCUT2D eigenvalue weighted by Crippen LogP contribution is 2.36. The summed E-state index contributed by atoms with van der Waals surface area (Å²) >= 11 is 0. The van der Waals surface area contributed by atoms with Gasteiger partial charge in [0, 0.05) is 12.6 Å². The summed E-state index contributed by atoms with van der Waals surface area (Å²) in [5, 5.41) is 14.7. The minimum absolute atomic E-state index is 0.00495. The van der Waals surface area contributed by atoms with Crippen LogP contribution in [0, 0.1) is 10.1 Å². The lowest BCUT2D eigenvalue weighted by atomic mass is 10.0. The van der Waals surface area contributed by atoms with Gasteiger partial charge in [0.15, 0.2) is 5.75 Å². The Bertz CT molecular complexity index is 504. The zero-order valence-corrected chi connectivity index (χ0v) is 12.7. The molecular formula is C15H22N2O4. The van der Waals surface area contributed by atoms with Gasteiger partial charge in [0.05, 0.1) is 17.1 Å². The molecule has 0 bridgehead atoms. The Morgan fingerprint density at radius 2 is 2.24 bits per heavy atom. The summed E-state index contributed by atoms with van der Waals surface area (Å²) in [4.78, 5) is 11.0. The van der Waals surface area contributed by atoms with Gasteiger partial charge in [0.1, 0.15) is 5.69 Å². The molecule has 0 aromatic heterocycles. The van der Waals surface area contributed by atoms with Crippen LogP contribution in [0.5, 0.6) is 5.75 Å². The highest BCUT2D eigenvalue weighted by atomic mass is 16.6. The first-order valence-electron chi connectivity index (χ1n) is 7.29. The molecule has 0 amide bonds. The molecule has 1 heterocycles. The molecule has 0 spiro atoms. The number of nitrogens with zero attached hydrogens (tertiary/aromatic N) is 1. The van der Waals surface area contributed by atoms with Crippen LogP contribution in [0.25, 0.3) is 0 Å². The first kappa shape index (κ1) is 15.6. The van der Waals surface area contributed by atoms with Crippen molar-refractivity contribution in [1.82, 2.24) is 0 Å². The van der Waals surface area contributed by atoms with E-state index in [1.807, 2.05) is 20.8 Å². The van der Waals surface area contributed by atoms with Crippen molar-refractivity contribution in [3.8, 4) is 5.75 Å². The zero-order chi connectivity index (χ0) is 15.4. The summed E-state index contributed by atoms with van der Waals surface area (Å²) < 4.78 is 11.1. The molecule has 0 aliphatic carbocycles. The average molecular weight is 294 g/mol. The summed E-state index contributed by atoms with van der Waals surface area (Å²) in [6, 6.07) is 5.32. The van der Waals surface area contributed by atoms with E-state index in [4.69, 9.17) is 9.47 Å². The van der Waals surface area contributed by atoms with Gasteiger partial charge in [0.25, 0.3) is 0 Å². The number of anilines is 1. The number of hydrogen-bond acceptors (Lipinski definition) is 5. The largest absolute Gasteiger partial charge is 0.484 e. The van der Waals surface area contributed by atoms with E-state index in [2.05, 4.69) is 5.32 Å². The van der Waals surface area contributed by atoms with E-state index in [1.54, 1.807) is 18.2 Å². The summed E-state index contributed by atoms with van der Waals surface area (Å²) in [6.45, 7) is 6.39. The smallest absolute Gasteiger partial charge is 0.333 e. The van der Waals surface area contributed by atoms with E-state index in [-0.39, 0.29) is 28.9 Å². The van der Waals surface area contributed by atoms with Crippen molar-refractivity contribution in [2.24, 2.45) is 0 Å². The molecule has 2 unspecified atom stereocenters. The van der Waals surface area contributed by atoms with Crippen LogP contribution in [0.2, 0.25) is 0 Å². The van der Waals surface area contributed by atoms with Crippen molar-refractivity contribution in [2.75, 3.05) is 11.9 Å². The van der Waals surface area contributed by atoms with Gasteiger partial charge >= 0.3 is 5.69 Å². The van der Waals surface area contributed by atoms with Crippen molar-refractivity contribution in [2.45, 2.75) is 51.9 Å². The Balaban J connectivity index is 2.23. The third kappa shape index (κ3) is 4.07. The van der Waals surface area contributed by atoms with E-state index >= 15 is 0 Å². The minimum atomic E-state index is -0.386. The molecule has 0 radical (unpaired) electrons. The number of nitro groups is 1. The van der Waals surface area contributed by atoms with Gasteiger partial charge in [-0.1, -0.05) is 6.07 Å². The maximum atomic E-state index is 11.4. The van der Waals surface area contributed by atoms with Crippen LogP contribution in [-0.2, 0) is 4.74 Å². The molecule has 2 atom stereocenters. The molecule has 1 N–H and O–H groups in total. The fourth-order valence-electron chi connectivity index (χ4n) is 2.53. The Hall–Kier alpha value is -1.82. The van der Waals surface area contributed by atoms with Crippen LogP contribution in [0.15, 0.2) is 18.2 Å². The monoisotopic (exact) mass is 294 g/mol. The lowest BCUT2D eigenvalue weighted by Crippen LogP contribution is -2.32. The summed E-state index contributed by atoms with van der Waals surface area (Å²) in [5.74, 6) is 0.306. The maximum Gasteiger partial charge on any atom is 0.333 e. The molecule has 21 heavy (non-hydrogen) atoms. The predicted molar refractivity (Wildman–Crippen MR) is 80.9 cm³/mol. The van der Waals surface area contributed by atoms with Gasteiger partial charge in [-0.3, -0.25) is 10.1 Å². The maximum absolute atomic E-state index is 11.4. The lowest BCUT2D eigenvalue weighted by molar-refractivity contribution is -0.385. The van der Waals surface area contributed by atoms with E-state index < -0.39 is 0 Å². The molecule has 2 rings (SSSR count). The van der Waals surface area contributed by atoms with Crippen molar-refractivity contribution < 1.29 is 14.4 Å². The van der Waals surface area contributed by atoms with E-state index in [1.165, 1.54) is 0 Å². The van der Waals surface area contributed by atoms with Gasteiger partial charge < -0.3 is 14.8 Å². The van der Waals surface area contributed by atoms with E-state index in [9.17, 15) is 10.1 Å². The number of nitrogens with one attached hydrogen (secondary N) is 1. The number of nitro benzene ring substituents is 1. The molecule has 1 aliphatic rings. The standard InChI is InChI=1S/C15H22N2O4/c1-10(2)21-14-6-4-5-13(15(14)17(18)19)16-12-7-8-20-11(3)9-12/h4-6,10-12,16H,7-9H2,1-3H3. The number of benzene rings is 1. The van der Waals surface area contributed by atoms with Crippen LogP contribution < -0.4 is 10.1 Å². The molecule has 6 heteroatoms. The SMILES string of the molecule is CC(C)Oc1cccc(NC2CCOC(C)C2)c1[N+](=O)[O-]. The van der Waals surface area contributed by atoms with E-state index in [0.717, 1.165) is 12.8 Å². The average Bonchev–Trinajstić information content (AvgIpc) is 2.37. The van der Waals surface area contributed by atoms with Crippen LogP contribution in [0.4, 0.5) is 11.4 Å². The minimum Gasteiger partial charge on any atom is -0.484 e. The fourth-order valence-corrected chi connectivity index (χ4v) is 2.53. The van der Waals surface area contributed by atoms with Crippen molar-refractivity contribution in [1.29, 1.82) is 0 Å². The second kappa shape index (κ2) is 6.76. The Labute approximate surface area is 124 Å². The lowest BCUT2D eigenvalue weighted by Gasteiger charge is -2.28. The van der Waals surface area contributed by atoms with Gasteiger partial charge in [0.2, 0.25) is 0 Å². The molecule has 1 saturated heterocycles. The Morgan fingerprint density at radius 1 is 1.48 bits per heavy atom. The highest BCUT2D eigenvalue weighted by Gasteiger charge is 2.25. The third-order valence-electron chi connectivity index (χ3n) is 3.39. The van der Waals surface area contributed by atoms with Gasteiger partial charge in [-0.05, 0) is 45.7 Å². The molecule has 116 valence electrons. The van der Waals surface area contributed by atoms with Gasteiger partial charge in [-0.2, -0.15) is 0 Å². The second-order valence-corrected chi connectivity index (χ2v) is 5.62. The Kier molecular flexibility index (Phi) is 5.01. The number of ether oxygens (including phenoxy) is 2.